The van der Waals surface area contributed by atoms with Gasteiger partial charge >= 0.3 is 0 Å². The quantitative estimate of drug-likeness (QED) is 0.890. The van der Waals surface area contributed by atoms with Crippen molar-refractivity contribution in [3.05, 3.63) is 60.2 Å². The fourth-order valence-corrected chi connectivity index (χ4v) is 2.93. The van der Waals surface area contributed by atoms with E-state index in [2.05, 4.69) is 10.0 Å². The highest BCUT2D eigenvalue weighted by Gasteiger charge is 2.14. The van der Waals surface area contributed by atoms with Gasteiger partial charge in [0.05, 0.1) is 4.90 Å². The van der Waals surface area contributed by atoms with Crippen LogP contribution in [0.5, 0.6) is 0 Å². The number of anilines is 1. The fraction of sp³-hybridized carbons (Fsp3) is 0.188. The molecule has 0 aliphatic heterocycles. The van der Waals surface area contributed by atoms with Crippen LogP contribution in [0.25, 0.3) is 0 Å². The monoisotopic (exact) mass is 318 g/mol. The summed E-state index contributed by atoms with van der Waals surface area (Å²) in [6.07, 6.45) is 0. The molecule has 0 atom stereocenters. The third-order valence-electron chi connectivity index (χ3n) is 2.87. The Bertz CT molecular complexity index is 739. The number of carbonyl (C=O) groups excluding carboxylic acids is 1. The Morgan fingerprint density at radius 1 is 0.955 bits per heavy atom. The first kappa shape index (κ1) is 16.0. The van der Waals surface area contributed by atoms with E-state index in [0.29, 0.717) is 11.3 Å². The lowest BCUT2D eigenvalue weighted by Crippen LogP contribution is -2.30. The largest absolute Gasteiger partial charge is 0.350 e. The van der Waals surface area contributed by atoms with Gasteiger partial charge in [0.25, 0.3) is 15.9 Å². The smallest absolute Gasteiger partial charge is 0.261 e. The van der Waals surface area contributed by atoms with Crippen LogP contribution in [0, 0.1) is 0 Å². The van der Waals surface area contributed by atoms with E-state index in [0.717, 1.165) is 0 Å². The van der Waals surface area contributed by atoms with E-state index < -0.39 is 10.0 Å². The minimum atomic E-state index is -3.62. The van der Waals surface area contributed by atoms with Gasteiger partial charge in [0.15, 0.2) is 0 Å². The van der Waals surface area contributed by atoms with Crippen molar-refractivity contribution in [2.24, 2.45) is 0 Å². The first-order valence-electron chi connectivity index (χ1n) is 6.87. The fourth-order valence-electron chi connectivity index (χ4n) is 1.85. The summed E-state index contributed by atoms with van der Waals surface area (Å²) >= 11 is 0. The molecule has 2 rings (SSSR count). The van der Waals surface area contributed by atoms with Crippen LogP contribution in [0.1, 0.15) is 24.2 Å². The van der Waals surface area contributed by atoms with E-state index in [9.17, 15) is 13.2 Å². The Morgan fingerprint density at radius 3 is 2.09 bits per heavy atom. The second-order valence-electron chi connectivity index (χ2n) is 5.12. The number of carbonyl (C=O) groups is 1. The molecule has 0 radical (unpaired) electrons. The molecule has 0 aliphatic carbocycles. The molecule has 0 bridgehead atoms. The number of hydrogen-bond acceptors (Lipinski definition) is 3. The van der Waals surface area contributed by atoms with Crippen LogP contribution < -0.4 is 10.0 Å². The summed E-state index contributed by atoms with van der Waals surface area (Å²) < 4.78 is 26.8. The van der Waals surface area contributed by atoms with Crippen LogP contribution in [-0.2, 0) is 10.0 Å². The highest BCUT2D eigenvalue weighted by Crippen LogP contribution is 2.16. The normalized spacial score (nSPS) is 11.2. The SMILES string of the molecule is CC(C)NC(=O)c1ccc(NS(=O)(=O)c2ccccc2)cc1. The van der Waals surface area contributed by atoms with Crippen molar-refractivity contribution in [1.29, 1.82) is 0 Å². The summed E-state index contributed by atoms with van der Waals surface area (Å²) in [5.74, 6) is -0.188. The molecule has 22 heavy (non-hydrogen) atoms. The summed E-state index contributed by atoms with van der Waals surface area (Å²) in [5, 5.41) is 2.78. The number of rotatable bonds is 5. The zero-order valence-electron chi connectivity index (χ0n) is 12.4. The Hall–Kier alpha value is -2.34. The van der Waals surface area contributed by atoms with Crippen LogP contribution in [-0.4, -0.2) is 20.4 Å². The number of sulfonamides is 1. The lowest BCUT2D eigenvalue weighted by atomic mass is 10.2. The van der Waals surface area contributed by atoms with Gasteiger partial charge < -0.3 is 5.32 Å². The summed E-state index contributed by atoms with van der Waals surface area (Å²) in [5.41, 5.74) is 0.890. The van der Waals surface area contributed by atoms with Gasteiger partial charge in [0.2, 0.25) is 0 Å². The van der Waals surface area contributed by atoms with Gasteiger partial charge in [-0.15, -0.1) is 0 Å². The molecule has 116 valence electrons. The average molecular weight is 318 g/mol. The van der Waals surface area contributed by atoms with Crippen molar-refractivity contribution in [2.75, 3.05) is 4.72 Å². The molecular weight excluding hydrogens is 300 g/mol. The number of benzene rings is 2. The van der Waals surface area contributed by atoms with Crippen molar-refractivity contribution in [2.45, 2.75) is 24.8 Å². The van der Waals surface area contributed by atoms with E-state index in [1.54, 1.807) is 42.5 Å². The van der Waals surface area contributed by atoms with Gasteiger partial charge in [-0.05, 0) is 50.2 Å². The van der Waals surface area contributed by atoms with E-state index in [1.165, 1.54) is 12.1 Å². The van der Waals surface area contributed by atoms with E-state index in [1.807, 2.05) is 13.8 Å². The first-order valence-corrected chi connectivity index (χ1v) is 8.35. The molecule has 0 saturated carbocycles. The topological polar surface area (TPSA) is 75.3 Å². The zero-order chi connectivity index (χ0) is 16.2. The highest BCUT2D eigenvalue weighted by atomic mass is 32.2. The molecule has 5 nitrogen and oxygen atoms in total. The molecule has 0 aliphatic rings. The summed E-state index contributed by atoms with van der Waals surface area (Å²) in [4.78, 5) is 12.0. The third-order valence-corrected chi connectivity index (χ3v) is 4.27. The van der Waals surface area contributed by atoms with E-state index in [-0.39, 0.29) is 16.8 Å². The van der Waals surface area contributed by atoms with Gasteiger partial charge in [0, 0.05) is 17.3 Å². The summed E-state index contributed by atoms with van der Waals surface area (Å²) in [6, 6.07) is 14.5. The van der Waals surface area contributed by atoms with Gasteiger partial charge in [-0.1, -0.05) is 18.2 Å². The summed E-state index contributed by atoms with van der Waals surface area (Å²) in [6.45, 7) is 3.75. The highest BCUT2D eigenvalue weighted by molar-refractivity contribution is 7.92. The van der Waals surface area contributed by atoms with E-state index >= 15 is 0 Å². The molecule has 6 heteroatoms. The van der Waals surface area contributed by atoms with Crippen LogP contribution >= 0.6 is 0 Å². The van der Waals surface area contributed by atoms with Gasteiger partial charge in [-0.3, -0.25) is 9.52 Å². The predicted molar refractivity (Wildman–Crippen MR) is 86.3 cm³/mol. The Balaban J connectivity index is 2.13. The Morgan fingerprint density at radius 2 is 1.55 bits per heavy atom. The van der Waals surface area contributed by atoms with Crippen molar-refractivity contribution in [1.82, 2.24) is 5.32 Å². The summed E-state index contributed by atoms with van der Waals surface area (Å²) in [7, 11) is -3.62. The number of hydrogen-bond donors (Lipinski definition) is 2. The molecule has 0 spiro atoms. The lowest BCUT2D eigenvalue weighted by molar-refractivity contribution is 0.0943. The van der Waals surface area contributed by atoms with Gasteiger partial charge in [-0.2, -0.15) is 0 Å². The molecule has 0 aromatic heterocycles. The maximum Gasteiger partial charge on any atom is 0.261 e. The zero-order valence-corrected chi connectivity index (χ0v) is 13.2. The minimum absolute atomic E-state index is 0.0451. The Labute approximate surface area is 130 Å². The second kappa shape index (κ2) is 6.62. The molecule has 2 N–H and O–H groups in total. The van der Waals surface area contributed by atoms with Crippen molar-refractivity contribution in [3.8, 4) is 0 Å². The predicted octanol–water partition coefficient (Wildman–Crippen LogP) is 2.63. The van der Waals surface area contributed by atoms with Gasteiger partial charge in [-0.25, -0.2) is 8.42 Å². The maximum atomic E-state index is 12.2. The van der Waals surface area contributed by atoms with Crippen LogP contribution in [0.2, 0.25) is 0 Å². The lowest BCUT2D eigenvalue weighted by Gasteiger charge is -2.10. The minimum Gasteiger partial charge on any atom is -0.350 e. The molecule has 2 aromatic carbocycles. The molecule has 0 heterocycles. The Kier molecular flexibility index (Phi) is 4.82. The molecule has 1 amide bonds. The van der Waals surface area contributed by atoms with Crippen molar-refractivity contribution in [3.63, 3.8) is 0 Å². The van der Waals surface area contributed by atoms with E-state index in [4.69, 9.17) is 0 Å². The van der Waals surface area contributed by atoms with Crippen LogP contribution in [0.3, 0.4) is 0 Å². The third kappa shape index (κ3) is 4.08. The van der Waals surface area contributed by atoms with Crippen molar-refractivity contribution >= 4 is 21.6 Å². The first-order chi connectivity index (χ1) is 10.4. The number of nitrogens with one attached hydrogen (secondary N) is 2. The maximum absolute atomic E-state index is 12.2. The van der Waals surface area contributed by atoms with Gasteiger partial charge in [0.1, 0.15) is 0 Å². The molecule has 0 unspecified atom stereocenters. The molecular formula is C16H18N2O3S. The molecule has 0 saturated heterocycles. The number of amides is 1. The van der Waals surface area contributed by atoms with Crippen molar-refractivity contribution < 1.29 is 13.2 Å². The average Bonchev–Trinajstić information content (AvgIpc) is 2.48. The molecule has 0 fully saturated rings. The second-order valence-corrected chi connectivity index (χ2v) is 6.81. The standard InChI is InChI=1S/C16H18N2O3S/c1-12(2)17-16(19)13-8-10-14(11-9-13)18-22(20,21)15-6-4-3-5-7-15/h3-12,18H,1-2H3,(H,17,19). The van der Waals surface area contributed by atoms with Crippen LogP contribution in [0.15, 0.2) is 59.5 Å². The molecule has 2 aromatic rings. The van der Waals surface area contributed by atoms with Crippen LogP contribution in [0.4, 0.5) is 5.69 Å².